The molecule has 4 heteroatoms. The second kappa shape index (κ2) is 6.64. The molecule has 2 rings (SSSR count). The van der Waals surface area contributed by atoms with Crippen LogP contribution in [0, 0.1) is 23.5 Å². The molecule has 1 aromatic carbocycles. The molecular formula is C16H23F2NO. The van der Waals surface area contributed by atoms with Crippen LogP contribution in [0.1, 0.15) is 44.7 Å². The fraction of sp³-hybridized carbons (Fsp3) is 0.625. The molecule has 2 nitrogen and oxygen atoms in total. The van der Waals surface area contributed by atoms with E-state index >= 15 is 0 Å². The fourth-order valence-electron chi connectivity index (χ4n) is 2.73. The van der Waals surface area contributed by atoms with E-state index in [1.165, 1.54) is 12.5 Å². The van der Waals surface area contributed by atoms with E-state index in [2.05, 4.69) is 13.8 Å². The summed E-state index contributed by atoms with van der Waals surface area (Å²) in [5, 5.41) is 0. The van der Waals surface area contributed by atoms with Gasteiger partial charge in [0.1, 0.15) is 0 Å². The van der Waals surface area contributed by atoms with E-state index in [0.29, 0.717) is 18.1 Å². The van der Waals surface area contributed by atoms with Crippen molar-refractivity contribution in [3.8, 4) is 0 Å². The van der Waals surface area contributed by atoms with Crippen LogP contribution in [0.5, 0.6) is 0 Å². The summed E-state index contributed by atoms with van der Waals surface area (Å²) in [5.74, 6) is -0.307. The molecule has 0 radical (unpaired) electrons. The quantitative estimate of drug-likeness (QED) is 0.912. The van der Waals surface area contributed by atoms with E-state index in [-0.39, 0.29) is 6.10 Å². The van der Waals surface area contributed by atoms with Crippen LogP contribution in [0.25, 0.3) is 0 Å². The molecule has 0 heterocycles. The number of benzene rings is 1. The average Bonchev–Trinajstić information content (AvgIpc) is 2.43. The van der Waals surface area contributed by atoms with E-state index in [4.69, 9.17) is 10.5 Å². The number of hydrogen-bond donors (Lipinski definition) is 1. The summed E-state index contributed by atoms with van der Waals surface area (Å²) in [7, 11) is 0. The summed E-state index contributed by atoms with van der Waals surface area (Å²) in [6, 6.07) is 3.35. The van der Waals surface area contributed by atoms with Crippen molar-refractivity contribution in [1.29, 1.82) is 0 Å². The van der Waals surface area contributed by atoms with Crippen LogP contribution in [0.2, 0.25) is 0 Å². The number of nitrogens with two attached hydrogens (primary N) is 1. The Morgan fingerprint density at radius 3 is 2.60 bits per heavy atom. The maximum absolute atomic E-state index is 13.2. The van der Waals surface area contributed by atoms with Gasteiger partial charge in [-0.3, -0.25) is 0 Å². The maximum atomic E-state index is 13.2. The van der Waals surface area contributed by atoms with Gasteiger partial charge in [-0.2, -0.15) is 0 Å². The van der Waals surface area contributed by atoms with Gasteiger partial charge in [-0.15, -0.1) is 0 Å². The number of hydrogen-bond acceptors (Lipinski definition) is 2. The molecule has 0 spiro atoms. The molecule has 0 amide bonds. The van der Waals surface area contributed by atoms with Gasteiger partial charge >= 0.3 is 0 Å². The average molecular weight is 283 g/mol. The minimum Gasteiger partial charge on any atom is -0.376 e. The highest BCUT2D eigenvalue weighted by atomic mass is 19.2. The first-order chi connectivity index (χ1) is 9.47. The van der Waals surface area contributed by atoms with Crippen molar-refractivity contribution in [3.63, 3.8) is 0 Å². The van der Waals surface area contributed by atoms with E-state index in [0.717, 1.165) is 30.9 Å². The van der Waals surface area contributed by atoms with Crippen LogP contribution in [0.15, 0.2) is 18.2 Å². The molecule has 0 bridgehead atoms. The highest BCUT2D eigenvalue weighted by molar-refractivity contribution is 5.21. The maximum Gasteiger partial charge on any atom is 0.159 e. The Labute approximate surface area is 119 Å². The van der Waals surface area contributed by atoms with E-state index < -0.39 is 17.7 Å². The van der Waals surface area contributed by atoms with Crippen molar-refractivity contribution in [2.24, 2.45) is 17.6 Å². The zero-order valence-corrected chi connectivity index (χ0v) is 12.1. The van der Waals surface area contributed by atoms with Crippen molar-refractivity contribution in [1.82, 2.24) is 0 Å². The molecule has 1 aliphatic carbocycles. The molecule has 2 N–H and O–H groups in total. The summed E-state index contributed by atoms with van der Waals surface area (Å²) in [5.41, 5.74) is 6.55. The zero-order chi connectivity index (χ0) is 14.7. The normalized spacial score (nSPS) is 28.4. The molecule has 4 unspecified atom stereocenters. The monoisotopic (exact) mass is 283 g/mol. The lowest BCUT2D eigenvalue weighted by molar-refractivity contribution is -0.00365. The molecule has 1 fully saturated rings. The van der Waals surface area contributed by atoms with E-state index in [1.807, 2.05) is 0 Å². The van der Waals surface area contributed by atoms with Gasteiger partial charge in [-0.25, -0.2) is 8.78 Å². The summed E-state index contributed by atoms with van der Waals surface area (Å²) in [6.45, 7) is 4.86. The molecule has 4 atom stereocenters. The van der Waals surface area contributed by atoms with Crippen molar-refractivity contribution < 1.29 is 13.5 Å². The minimum absolute atomic E-state index is 0.234. The van der Waals surface area contributed by atoms with Crippen LogP contribution in [-0.2, 0) is 4.74 Å². The third-order valence-corrected chi connectivity index (χ3v) is 4.43. The second-order valence-corrected chi connectivity index (χ2v) is 6.00. The predicted octanol–water partition coefficient (Wildman–Crippen LogP) is 3.81. The summed E-state index contributed by atoms with van der Waals surface area (Å²) in [4.78, 5) is 0. The van der Waals surface area contributed by atoms with Crippen LogP contribution in [-0.4, -0.2) is 12.7 Å². The molecular weight excluding hydrogens is 260 g/mol. The van der Waals surface area contributed by atoms with Gasteiger partial charge in [0.2, 0.25) is 0 Å². The Morgan fingerprint density at radius 1 is 1.20 bits per heavy atom. The Kier molecular flexibility index (Phi) is 5.11. The second-order valence-electron chi connectivity index (χ2n) is 6.00. The molecule has 1 aliphatic rings. The first-order valence-corrected chi connectivity index (χ1v) is 7.29. The minimum atomic E-state index is -0.863. The van der Waals surface area contributed by atoms with Crippen LogP contribution < -0.4 is 5.73 Å². The van der Waals surface area contributed by atoms with Crippen molar-refractivity contribution >= 4 is 0 Å². The summed E-state index contributed by atoms with van der Waals surface area (Å²) in [6.07, 6.45) is 3.51. The Bertz CT molecular complexity index is 452. The predicted molar refractivity (Wildman–Crippen MR) is 75.2 cm³/mol. The molecule has 1 aromatic rings. The Balaban J connectivity index is 1.85. The lowest BCUT2D eigenvalue weighted by atomic mass is 9.80. The van der Waals surface area contributed by atoms with Gasteiger partial charge in [-0.1, -0.05) is 19.9 Å². The van der Waals surface area contributed by atoms with Gasteiger partial charge in [0.05, 0.1) is 18.8 Å². The van der Waals surface area contributed by atoms with E-state index in [1.54, 1.807) is 0 Å². The third kappa shape index (κ3) is 3.76. The van der Waals surface area contributed by atoms with Gasteiger partial charge < -0.3 is 10.5 Å². The molecule has 0 aliphatic heterocycles. The van der Waals surface area contributed by atoms with Gasteiger partial charge in [0.15, 0.2) is 11.6 Å². The highest BCUT2D eigenvalue weighted by Gasteiger charge is 2.25. The van der Waals surface area contributed by atoms with Gasteiger partial charge in [-0.05, 0) is 48.8 Å². The first kappa shape index (κ1) is 15.4. The smallest absolute Gasteiger partial charge is 0.159 e. The molecule has 20 heavy (non-hydrogen) atoms. The topological polar surface area (TPSA) is 35.2 Å². The lowest BCUT2D eigenvalue weighted by Gasteiger charge is -2.32. The van der Waals surface area contributed by atoms with Crippen molar-refractivity contribution in [3.05, 3.63) is 35.4 Å². The van der Waals surface area contributed by atoms with Crippen molar-refractivity contribution in [2.75, 3.05) is 6.61 Å². The van der Waals surface area contributed by atoms with Crippen LogP contribution in [0.4, 0.5) is 8.78 Å². The summed E-state index contributed by atoms with van der Waals surface area (Å²) < 4.78 is 31.9. The number of halogens is 2. The van der Waals surface area contributed by atoms with Crippen LogP contribution in [0.3, 0.4) is 0 Å². The molecule has 0 aromatic heterocycles. The molecule has 1 saturated carbocycles. The van der Waals surface area contributed by atoms with Gasteiger partial charge in [0, 0.05) is 0 Å². The Hall–Kier alpha value is -1.00. The summed E-state index contributed by atoms with van der Waals surface area (Å²) >= 11 is 0. The largest absolute Gasteiger partial charge is 0.376 e. The SMILES string of the molecule is CC1CCC(OCC(N)c2ccc(F)c(F)c2)CC1C. The molecule has 0 saturated heterocycles. The standard InChI is InChI=1S/C16H23F2NO/c1-10-3-5-13(7-11(10)2)20-9-16(19)12-4-6-14(17)15(18)8-12/h4,6,8,10-11,13,16H,3,5,7,9,19H2,1-2H3. The fourth-order valence-corrected chi connectivity index (χ4v) is 2.73. The molecule has 112 valence electrons. The lowest BCUT2D eigenvalue weighted by Crippen LogP contribution is -2.29. The van der Waals surface area contributed by atoms with E-state index in [9.17, 15) is 8.78 Å². The highest BCUT2D eigenvalue weighted by Crippen LogP contribution is 2.31. The Morgan fingerprint density at radius 2 is 1.95 bits per heavy atom. The number of ether oxygens (including phenoxy) is 1. The van der Waals surface area contributed by atoms with Gasteiger partial charge in [0.25, 0.3) is 0 Å². The van der Waals surface area contributed by atoms with Crippen LogP contribution >= 0.6 is 0 Å². The number of rotatable bonds is 4. The van der Waals surface area contributed by atoms with Crippen molar-refractivity contribution in [2.45, 2.75) is 45.3 Å². The third-order valence-electron chi connectivity index (χ3n) is 4.43. The first-order valence-electron chi connectivity index (χ1n) is 7.29. The zero-order valence-electron chi connectivity index (χ0n) is 12.1.